The first-order valence-electron chi connectivity index (χ1n) is 13.2. The summed E-state index contributed by atoms with van der Waals surface area (Å²) in [6, 6.07) is 20.5. The summed E-state index contributed by atoms with van der Waals surface area (Å²) in [6.07, 6.45) is 4.86. The number of carbonyl (C=O) groups is 1. The number of nitrogen functional groups attached to an aromatic ring is 1. The van der Waals surface area contributed by atoms with Crippen LogP contribution in [0.2, 0.25) is 0 Å². The minimum atomic E-state index is -1.06. The number of hydrogen-bond acceptors (Lipinski definition) is 7. The molecule has 0 radical (unpaired) electrons. The fraction of sp³-hybridized carbons (Fsp3) is 0.188. The zero-order valence-electron chi connectivity index (χ0n) is 23.5. The van der Waals surface area contributed by atoms with E-state index in [4.69, 9.17) is 22.2 Å². The third kappa shape index (κ3) is 7.63. The topological polar surface area (TPSA) is 143 Å². The van der Waals surface area contributed by atoms with Gasteiger partial charge in [0.2, 0.25) is 0 Å². The zero-order chi connectivity index (χ0) is 29.9. The van der Waals surface area contributed by atoms with Gasteiger partial charge in [0, 0.05) is 18.7 Å². The molecule has 0 saturated heterocycles. The number of hydrazone groups is 1. The van der Waals surface area contributed by atoms with Crippen molar-refractivity contribution in [3.63, 3.8) is 0 Å². The number of ether oxygens (including phenoxy) is 1. The van der Waals surface area contributed by atoms with Crippen LogP contribution in [0.1, 0.15) is 35.3 Å². The molecule has 1 atom stereocenters. The van der Waals surface area contributed by atoms with E-state index in [1.165, 1.54) is 5.01 Å². The van der Waals surface area contributed by atoms with Crippen LogP contribution in [-0.2, 0) is 11.3 Å². The van der Waals surface area contributed by atoms with Gasteiger partial charge in [-0.25, -0.2) is 10.6 Å². The summed E-state index contributed by atoms with van der Waals surface area (Å²) < 4.78 is 5.86. The molecule has 0 bridgehead atoms. The SMILES string of the molecule is C=C/C=C\C(=C)CN(N)/C(=N\N)c1ccccc1-c1ccc(CN(c2c(N)cccc2C(=O)O)C(C)OCC)cc1. The first-order chi connectivity index (χ1) is 19.7. The van der Waals surface area contributed by atoms with E-state index in [0.29, 0.717) is 36.9 Å². The fourth-order valence-corrected chi connectivity index (χ4v) is 4.54. The minimum absolute atomic E-state index is 0.115. The lowest BCUT2D eigenvalue weighted by Gasteiger charge is -2.33. The third-order valence-corrected chi connectivity index (χ3v) is 6.45. The fourth-order valence-electron chi connectivity index (χ4n) is 4.54. The van der Waals surface area contributed by atoms with Gasteiger partial charge < -0.3 is 26.3 Å². The van der Waals surface area contributed by atoms with Gasteiger partial charge in [-0.3, -0.25) is 5.01 Å². The number of amidine groups is 1. The average Bonchev–Trinajstić information content (AvgIpc) is 2.96. The Bertz CT molecular complexity index is 1430. The molecule has 9 heteroatoms. The molecule has 1 unspecified atom stereocenters. The monoisotopic (exact) mass is 554 g/mol. The van der Waals surface area contributed by atoms with E-state index in [-0.39, 0.29) is 5.56 Å². The van der Waals surface area contributed by atoms with E-state index >= 15 is 0 Å². The van der Waals surface area contributed by atoms with E-state index < -0.39 is 12.2 Å². The van der Waals surface area contributed by atoms with Gasteiger partial charge in [0.1, 0.15) is 6.23 Å². The number of carboxylic acid groups (broad SMARTS) is 1. The number of rotatable bonds is 13. The molecule has 3 aromatic carbocycles. The normalized spacial score (nSPS) is 12.2. The average molecular weight is 555 g/mol. The van der Waals surface area contributed by atoms with E-state index in [2.05, 4.69) is 18.3 Å². The molecule has 0 aliphatic heterocycles. The van der Waals surface area contributed by atoms with Crippen molar-refractivity contribution in [2.24, 2.45) is 16.8 Å². The van der Waals surface area contributed by atoms with Crippen LogP contribution >= 0.6 is 0 Å². The number of aromatic carboxylic acids is 1. The molecule has 0 heterocycles. The van der Waals surface area contributed by atoms with Crippen molar-refractivity contribution in [1.82, 2.24) is 5.01 Å². The molecule has 0 spiro atoms. The van der Waals surface area contributed by atoms with E-state index in [9.17, 15) is 9.90 Å². The highest BCUT2D eigenvalue weighted by molar-refractivity contribution is 6.04. The van der Waals surface area contributed by atoms with Gasteiger partial charge in [0.15, 0.2) is 5.84 Å². The molecular formula is C32H38N6O3. The Morgan fingerprint density at radius 2 is 1.78 bits per heavy atom. The molecule has 0 amide bonds. The Kier molecular flexibility index (Phi) is 10.9. The second-order valence-electron chi connectivity index (χ2n) is 9.31. The number of benzene rings is 3. The number of allylic oxidation sites excluding steroid dienone is 2. The van der Waals surface area contributed by atoms with Gasteiger partial charge in [-0.2, -0.15) is 5.10 Å². The van der Waals surface area contributed by atoms with E-state index in [0.717, 1.165) is 27.8 Å². The zero-order valence-corrected chi connectivity index (χ0v) is 23.5. The van der Waals surface area contributed by atoms with Crippen molar-refractivity contribution in [2.75, 3.05) is 23.8 Å². The summed E-state index contributed by atoms with van der Waals surface area (Å²) in [5, 5.41) is 15.3. The predicted molar refractivity (Wildman–Crippen MR) is 167 cm³/mol. The molecule has 3 aromatic rings. The summed E-state index contributed by atoms with van der Waals surface area (Å²) in [5.41, 5.74) is 11.5. The largest absolute Gasteiger partial charge is 0.478 e. The van der Waals surface area contributed by atoms with Crippen molar-refractivity contribution in [3.8, 4) is 11.1 Å². The maximum absolute atomic E-state index is 12.0. The summed E-state index contributed by atoms with van der Waals surface area (Å²) in [7, 11) is 0. The number of hydrazine groups is 1. The molecular weight excluding hydrogens is 516 g/mol. The predicted octanol–water partition coefficient (Wildman–Crippen LogP) is 5.12. The van der Waals surface area contributed by atoms with Crippen LogP contribution in [-0.4, -0.2) is 41.3 Å². The number of nitrogens with two attached hydrogens (primary N) is 3. The minimum Gasteiger partial charge on any atom is -0.478 e. The van der Waals surface area contributed by atoms with Gasteiger partial charge in [-0.05, 0) is 48.2 Å². The van der Waals surface area contributed by atoms with Crippen molar-refractivity contribution in [3.05, 3.63) is 120 Å². The van der Waals surface area contributed by atoms with Crippen LogP contribution in [0.5, 0.6) is 0 Å². The number of anilines is 2. The Morgan fingerprint density at radius 3 is 2.41 bits per heavy atom. The number of nitrogens with zero attached hydrogens (tertiary/aromatic N) is 3. The smallest absolute Gasteiger partial charge is 0.337 e. The number of hydrogen-bond donors (Lipinski definition) is 4. The first-order valence-corrected chi connectivity index (χ1v) is 13.2. The van der Waals surface area contributed by atoms with E-state index in [1.54, 1.807) is 30.4 Å². The van der Waals surface area contributed by atoms with Crippen molar-refractivity contribution >= 4 is 23.2 Å². The number of para-hydroxylation sites is 1. The summed E-state index contributed by atoms with van der Waals surface area (Å²) >= 11 is 0. The highest BCUT2D eigenvalue weighted by Crippen LogP contribution is 2.32. The molecule has 0 aliphatic carbocycles. The summed E-state index contributed by atoms with van der Waals surface area (Å²) in [6.45, 7) is 12.6. The van der Waals surface area contributed by atoms with Crippen LogP contribution in [0, 0.1) is 0 Å². The summed E-state index contributed by atoms with van der Waals surface area (Å²) in [4.78, 5) is 13.9. The molecule has 41 heavy (non-hydrogen) atoms. The highest BCUT2D eigenvalue weighted by atomic mass is 16.5. The molecule has 0 aliphatic rings. The second kappa shape index (κ2) is 14.5. The van der Waals surface area contributed by atoms with Crippen molar-refractivity contribution in [2.45, 2.75) is 26.6 Å². The third-order valence-electron chi connectivity index (χ3n) is 6.45. The molecule has 0 aromatic heterocycles. The quantitative estimate of drug-likeness (QED) is 0.0434. The lowest BCUT2D eigenvalue weighted by Crippen LogP contribution is -2.40. The Morgan fingerprint density at radius 1 is 1.10 bits per heavy atom. The van der Waals surface area contributed by atoms with Crippen LogP contribution in [0.25, 0.3) is 11.1 Å². The van der Waals surface area contributed by atoms with Gasteiger partial charge in [0.05, 0.1) is 23.5 Å². The van der Waals surface area contributed by atoms with Gasteiger partial charge in [-0.1, -0.05) is 86.0 Å². The molecule has 9 nitrogen and oxygen atoms in total. The van der Waals surface area contributed by atoms with Gasteiger partial charge in [-0.15, -0.1) is 0 Å². The van der Waals surface area contributed by atoms with Crippen LogP contribution in [0.4, 0.5) is 11.4 Å². The van der Waals surface area contributed by atoms with Crippen LogP contribution < -0.4 is 22.3 Å². The maximum Gasteiger partial charge on any atom is 0.337 e. The molecule has 3 rings (SSSR count). The Hall–Kier alpha value is -4.86. The lowest BCUT2D eigenvalue weighted by molar-refractivity contribution is 0.0680. The lowest BCUT2D eigenvalue weighted by atomic mass is 9.97. The summed E-state index contributed by atoms with van der Waals surface area (Å²) in [5.74, 6) is 11.5. The molecule has 0 saturated carbocycles. The first kappa shape index (κ1) is 30.7. The van der Waals surface area contributed by atoms with E-state index in [1.807, 2.05) is 73.4 Å². The van der Waals surface area contributed by atoms with Crippen LogP contribution in [0.15, 0.2) is 109 Å². The van der Waals surface area contributed by atoms with Crippen molar-refractivity contribution < 1.29 is 14.6 Å². The van der Waals surface area contributed by atoms with Crippen molar-refractivity contribution in [1.29, 1.82) is 0 Å². The number of carboxylic acids is 1. The Balaban J connectivity index is 1.94. The van der Waals surface area contributed by atoms with Crippen LogP contribution in [0.3, 0.4) is 0 Å². The van der Waals surface area contributed by atoms with Gasteiger partial charge >= 0.3 is 5.97 Å². The molecule has 7 N–H and O–H groups in total. The standard InChI is InChI=1S/C32H38N6O3/c1-5-7-11-22(3)20-38(35)31(36-34)27-13-9-8-12-26(27)25-18-16-24(17-19-25)21-37(23(4)41-6-2)30-28(32(39)40)14-10-15-29(30)33/h5,7-19,23H,1,3,6,20-21,33-35H2,2,4H3,(H,39,40)/b11-7-,36-31-. The molecule has 0 fully saturated rings. The second-order valence-corrected chi connectivity index (χ2v) is 9.31. The maximum atomic E-state index is 12.0. The highest BCUT2D eigenvalue weighted by Gasteiger charge is 2.24. The molecule has 214 valence electrons. The van der Waals surface area contributed by atoms with Gasteiger partial charge in [0.25, 0.3) is 0 Å². The Labute approximate surface area is 241 Å².